The molecule has 2 rings (SSSR count). The summed E-state index contributed by atoms with van der Waals surface area (Å²) in [5.41, 5.74) is 1.36. The molecular formula is C16H22N3O+. The fourth-order valence-electron chi connectivity index (χ4n) is 2.90. The van der Waals surface area contributed by atoms with Gasteiger partial charge in [0, 0.05) is 5.69 Å². The van der Waals surface area contributed by atoms with Gasteiger partial charge in [-0.2, -0.15) is 5.26 Å². The number of likely N-dealkylation sites (tertiary alicyclic amines) is 1. The zero-order chi connectivity index (χ0) is 14.5. The predicted molar refractivity (Wildman–Crippen MR) is 78.4 cm³/mol. The second kappa shape index (κ2) is 6.53. The van der Waals surface area contributed by atoms with Crippen LogP contribution in [0, 0.1) is 11.3 Å². The zero-order valence-corrected chi connectivity index (χ0v) is 12.1. The third kappa shape index (κ3) is 3.37. The molecule has 0 radical (unpaired) electrons. The smallest absolute Gasteiger partial charge is 0.282 e. The number of anilines is 1. The highest BCUT2D eigenvalue weighted by molar-refractivity contribution is 5.93. The molecule has 20 heavy (non-hydrogen) atoms. The van der Waals surface area contributed by atoms with Crippen LogP contribution in [0.15, 0.2) is 24.3 Å². The van der Waals surface area contributed by atoms with E-state index < -0.39 is 0 Å². The fourth-order valence-corrected chi connectivity index (χ4v) is 2.90. The molecule has 1 aliphatic rings. The van der Waals surface area contributed by atoms with E-state index in [9.17, 15) is 4.79 Å². The van der Waals surface area contributed by atoms with Gasteiger partial charge in [0.2, 0.25) is 0 Å². The van der Waals surface area contributed by atoms with E-state index in [0.717, 1.165) is 12.2 Å². The van der Waals surface area contributed by atoms with E-state index in [0.29, 0.717) is 11.6 Å². The van der Waals surface area contributed by atoms with Crippen molar-refractivity contribution < 1.29 is 9.69 Å². The van der Waals surface area contributed by atoms with Crippen molar-refractivity contribution in [1.82, 2.24) is 0 Å². The summed E-state index contributed by atoms with van der Waals surface area (Å²) in [5, 5.41) is 11.7. The van der Waals surface area contributed by atoms with Crippen molar-refractivity contribution in [3.8, 4) is 6.07 Å². The third-order valence-electron chi connectivity index (χ3n) is 4.22. The summed E-state index contributed by atoms with van der Waals surface area (Å²) >= 11 is 0. The summed E-state index contributed by atoms with van der Waals surface area (Å²) in [6.07, 6.45) is 3.67. The van der Waals surface area contributed by atoms with Crippen molar-refractivity contribution in [2.24, 2.45) is 0 Å². The fraction of sp³-hybridized carbons (Fsp3) is 0.500. The van der Waals surface area contributed by atoms with Crippen LogP contribution in [0.25, 0.3) is 0 Å². The molecule has 1 amide bonds. The van der Waals surface area contributed by atoms with Crippen LogP contribution in [-0.2, 0) is 4.79 Å². The highest BCUT2D eigenvalue weighted by Crippen LogP contribution is 2.09. The van der Waals surface area contributed by atoms with E-state index >= 15 is 0 Å². The van der Waals surface area contributed by atoms with Crippen LogP contribution in [0.1, 0.15) is 38.7 Å². The van der Waals surface area contributed by atoms with Gasteiger partial charge in [0.25, 0.3) is 5.91 Å². The van der Waals surface area contributed by atoms with Crippen LogP contribution in [0.3, 0.4) is 0 Å². The second-order valence-corrected chi connectivity index (χ2v) is 5.62. The summed E-state index contributed by atoms with van der Waals surface area (Å²) in [7, 11) is 0. The molecule has 2 N–H and O–H groups in total. The number of nitriles is 1. The number of nitrogens with zero attached hydrogens (tertiary/aromatic N) is 1. The van der Waals surface area contributed by atoms with Gasteiger partial charge >= 0.3 is 0 Å². The summed E-state index contributed by atoms with van der Waals surface area (Å²) < 4.78 is 0. The van der Waals surface area contributed by atoms with Gasteiger partial charge in [-0.25, -0.2) is 0 Å². The second-order valence-electron chi connectivity index (χ2n) is 5.62. The van der Waals surface area contributed by atoms with Crippen LogP contribution < -0.4 is 10.2 Å². The number of benzene rings is 1. The quantitative estimate of drug-likeness (QED) is 0.872. The number of amides is 1. The van der Waals surface area contributed by atoms with Crippen molar-refractivity contribution in [2.45, 2.75) is 45.2 Å². The molecule has 0 spiro atoms. The predicted octanol–water partition coefficient (Wildman–Crippen LogP) is 1.34. The maximum absolute atomic E-state index is 12.3. The normalized spacial score (nSPS) is 23.6. The van der Waals surface area contributed by atoms with Gasteiger partial charge in [0.05, 0.1) is 24.2 Å². The maximum Gasteiger partial charge on any atom is 0.282 e. The minimum atomic E-state index is -0.0408. The lowest BCUT2D eigenvalue weighted by molar-refractivity contribution is -0.941. The SMILES string of the molecule is C[C@H]1CCCC[NH+]1[C@@H](C)C(=O)Nc1ccc(C#N)cc1. The molecular weight excluding hydrogens is 250 g/mol. The monoisotopic (exact) mass is 272 g/mol. The summed E-state index contributed by atoms with van der Waals surface area (Å²) in [6.45, 7) is 5.29. The van der Waals surface area contributed by atoms with Crippen LogP contribution in [0.5, 0.6) is 0 Å². The molecule has 4 heteroatoms. The molecule has 1 aliphatic heterocycles. The molecule has 0 aliphatic carbocycles. The lowest BCUT2D eigenvalue weighted by Crippen LogP contribution is -3.20. The number of carbonyl (C=O) groups is 1. The average molecular weight is 272 g/mol. The molecule has 0 bridgehead atoms. The number of quaternary nitrogens is 1. The number of nitrogens with one attached hydrogen (secondary N) is 2. The highest BCUT2D eigenvalue weighted by atomic mass is 16.2. The first-order valence-corrected chi connectivity index (χ1v) is 7.28. The number of hydrogen-bond donors (Lipinski definition) is 2. The zero-order valence-electron chi connectivity index (χ0n) is 12.1. The third-order valence-corrected chi connectivity index (χ3v) is 4.22. The van der Waals surface area contributed by atoms with Crippen LogP contribution >= 0.6 is 0 Å². The molecule has 4 nitrogen and oxygen atoms in total. The number of hydrogen-bond acceptors (Lipinski definition) is 2. The van der Waals surface area contributed by atoms with Crippen molar-refractivity contribution in [1.29, 1.82) is 5.26 Å². The van der Waals surface area contributed by atoms with E-state index in [1.165, 1.54) is 24.2 Å². The molecule has 3 atom stereocenters. The van der Waals surface area contributed by atoms with Crippen molar-refractivity contribution in [3.63, 3.8) is 0 Å². The van der Waals surface area contributed by atoms with Crippen LogP contribution in [0.2, 0.25) is 0 Å². The molecule has 1 aromatic carbocycles. The largest absolute Gasteiger partial charge is 0.323 e. The van der Waals surface area contributed by atoms with E-state index in [-0.39, 0.29) is 11.9 Å². The van der Waals surface area contributed by atoms with Gasteiger partial charge in [-0.3, -0.25) is 4.79 Å². The van der Waals surface area contributed by atoms with E-state index in [4.69, 9.17) is 5.26 Å². The van der Waals surface area contributed by atoms with E-state index in [1.807, 2.05) is 6.92 Å². The first-order valence-electron chi connectivity index (χ1n) is 7.28. The molecule has 1 heterocycles. The molecule has 1 unspecified atom stereocenters. The van der Waals surface area contributed by atoms with Crippen LogP contribution in [-0.4, -0.2) is 24.5 Å². The summed E-state index contributed by atoms with van der Waals surface area (Å²) in [5.74, 6) is 0.0541. The first kappa shape index (κ1) is 14.5. The Morgan fingerprint density at radius 2 is 2.10 bits per heavy atom. The number of carbonyl (C=O) groups excluding carboxylic acids is 1. The highest BCUT2D eigenvalue weighted by Gasteiger charge is 2.31. The van der Waals surface area contributed by atoms with Crippen molar-refractivity contribution in [2.75, 3.05) is 11.9 Å². The van der Waals surface area contributed by atoms with Gasteiger partial charge in [-0.05, 0) is 57.4 Å². The Balaban J connectivity index is 1.98. The molecule has 0 aromatic heterocycles. The standard InChI is InChI=1S/C16H21N3O/c1-12-5-3-4-10-19(12)13(2)16(20)18-15-8-6-14(11-17)7-9-15/h6-9,12-13H,3-5,10H2,1-2H3,(H,18,20)/p+1/t12-,13-/m0/s1. The van der Waals surface area contributed by atoms with Gasteiger partial charge in [-0.1, -0.05) is 0 Å². The Hall–Kier alpha value is -1.86. The molecule has 0 saturated carbocycles. The number of piperidine rings is 1. The molecule has 106 valence electrons. The minimum Gasteiger partial charge on any atom is -0.323 e. The van der Waals surface area contributed by atoms with Gasteiger partial charge in [0.1, 0.15) is 0 Å². The Morgan fingerprint density at radius 1 is 1.40 bits per heavy atom. The van der Waals surface area contributed by atoms with Crippen molar-refractivity contribution >= 4 is 11.6 Å². The van der Waals surface area contributed by atoms with E-state index in [2.05, 4.69) is 18.3 Å². The molecule has 1 fully saturated rings. The molecule has 1 aromatic rings. The Bertz CT molecular complexity index is 503. The lowest BCUT2D eigenvalue weighted by Gasteiger charge is -2.34. The topological polar surface area (TPSA) is 57.3 Å². The van der Waals surface area contributed by atoms with Crippen LogP contribution in [0.4, 0.5) is 5.69 Å². The summed E-state index contributed by atoms with van der Waals surface area (Å²) in [6, 6.07) is 9.57. The van der Waals surface area contributed by atoms with Gasteiger partial charge < -0.3 is 10.2 Å². The van der Waals surface area contributed by atoms with Crippen molar-refractivity contribution in [3.05, 3.63) is 29.8 Å². The summed E-state index contributed by atoms with van der Waals surface area (Å²) in [4.78, 5) is 13.7. The Morgan fingerprint density at radius 3 is 2.70 bits per heavy atom. The first-order chi connectivity index (χ1) is 9.61. The van der Waals surface area contributed by atoms with Gasteiger partial charge in [-0.15, -0.1) is 0 Å². The van der Waals surface area contributed by atoms with E-state index in [1.54, 1.807) is 24.3 Å². The Kier molecular flexibility index (Phi) is 4.75. The average Bonchev–Trinajstić information content (AvgIpc) is 2.48. The minimum absolute atomic E-state index is 0.0408. The lowest BCUT2D eigenvalue weighted by atomic mass is 10.0. The maximum atomic E-state index is 12.3. The van der Waals surface area contributed by atoms with Gasteiger partial charge in [0.15, 0.2) is 6.04 Å². The number of rotatable bonds is 3. The Labute approximate surface area is 120 Å². The molecule has 1 saturated heterocycles.